The van der Waals surface area contributed by atoms with E-state index in [1.54, 1.807) is 7.11 Å². The van der Waals surface area contributed by atoms with Gasteiger partial charge in [0.2, 0.25) is 0 Å². The lowest BCUT2D eigenvalue weighted by atomic mass is 10.0. The summed E-state index contributed by atoms with van der Waals surface area (Å²) in [6.45, 7) is 2.85. The van der Waals surface area contributed by atoms with Crippen molar-refractivity contribution in [1.82, 2.24) is 9.47 Å². The summed E-state index contributed by atoms with van der Waals surface area (Å²) in [6, 6.07) is 12.2. The predicted octanol–water partition coefficient (Wildman–Crippen LogP) is 4.10. The van der Waals surface area contributed by atoms with E-state index in [2.05, 4.69) is 17.0 Å². The van der Waals surface area contributed by atoms with Crippen LogP contribution in [0.25, 0.3) is 0 Å². The number of ether oxygens (including phenoxy) is 1. The lowest BCUT2D eigenvalue weighted by Crippen LogP contribution is -2.35. The van der Waals surface area contributed by atoms with E-state index in [-0.39, 0.29) is 11.9 Å². The molecule has 0 aliphatic carbocycles. The highest BCUT2D eigenvalue weighted by atomic mass is 16.5. The Bertz CT molecular complexity index is 703. The fourth-order valence-corrected chi connectivity index (χ4v) is 3.50. The van der Waals surface area contributed by atoms with Gasteiger partial charge in [-0.1, -0.05) is 25.0 Å². The minimum absolute atomic E-state index is 0.133. The second-order valence-electron chi connectivity index (χ2n) is 6.56. The molecule has 4 nitrogen and oxygen atoms in total. The van der Waals surface area contributed by atoms with E-state index in [1.165, 1.54) is 12.0 Å². The highest BCUT2D eigenvalue weighted by molar-refractivity contribution is 5.93. The third-order valence-electron chi connectivity index (χ3n) is 5.11. The smallest absolute Gasteiger partial charge is 0.270 e. The molecule has 128 valence electrons. The van der Waals surface area contributed by atoms with Crippen LogP contribution in [0.1, 0.15) is 53.5 Å². The van der Waals surface area contributed by atoms with Crippen molar-refractivity contribution in [3.8, 4) is 5.75 Å². The van der Waals surface area contributed by atoms with Gasteiger partial charge in [-0.2, -0.15) is 0 Å². The van der Waals surface area contributed by atoms with Crippen molar-refractivity contribution in [3.63, 3.8) is 0 Å². The number of methoxy groups -OCH3 is 1. The number of amides is 1. The van der Waals surface area contributed by atoms with E-state index in [4.69, 9.17) is 4.74 Å². The molecule has 1 aromatic heterocycles. The first-order valence-electron chi connectivity index (χ1n) is 8.69. The summed E-state index contributed by atoms with van der Waals surface area (Å²) in [4.78, 5) is 15.2. The van der Waals surface area contributed by atoms with Crippen molar-refractivity contribution in [2.75, 3.05) is 13.7 Å². The Labute approximate surface area is 144 Å². The van der Waals surface area contributed by atoms with Gasteiger partial charge in [-0.3, -0.25) is 4.79 Å². The van der Waals surface area contributed by atoms with Crippen LogP contribution >= 0.6 is 0 Å². The number of aryl methyl sites for hydroxylation is 1. The Kier molecular flexibility index (Phi) is 4.93. The van der Waals surface area contributed by atoms with Crippen molar-refractivity contribution in [1.29, 1.82) is 0 Å². The molecule has 0 bridgehead atoms. The second-order valence-corrected chi connectivity index (χ2v) is 6.56. The maximum atomic E-state index is 13.2. The third kappa shape index (κ3) is 3.18. The Morgan fingerprint density at radius 3 is 2.46 bits per heavy atom. The lowest BCUT2D eigenvalue weighted by molar-refractivity contribution is 0.0671. The zero-order valence-corrected chi connectivity index (χ0v) is 14.8. The van der Waals surface area contributed by atoms with Crippen LogP contribution in [0, 0.1) is 6.92 Å². The number of hydrogen-bond donors (Lipinski definition) is 0. The number of hydrogen-bond acceptors (Lipinski definition) is 2. The molecule has 0 spiro atoms. The molecule has 1 atom stereocenters. The zero-order valence-electron chi connectivity index (χ0n) is 14.8. The molecule has 1 saturated heterocycles. The van der Waals surface area contributed by atoms with Gasteiger partial charge in [0.1, 0.15) is 11.4 Å². The molecule has 24 heavy (non-hydrogen) atoms. The number of aromatic nitrogens is 1. The summed E-state index contributed by atoms with van der Waals surface area (Å²) in [7, 11) is 3.64. The summed E-state index contributed by atoms with van der Waals surface area (Å²) >= 11 is 0. The fourth-order valence-electron chi connectivity index (χ4n) is 3.50. The van der Waals surface area contributed by atoms with Crippen molar-refractivity contribution < 1.29 is 9.53 Å². The molecular weight excluding hydrogens is 300 g/mol. The summed E-state index contributed by atoms with van der Waals surface area (Å²) in [5.74, 6) is 0.983. The van der Waals surface area contributed by atoms with Crippen LogP contribution in [-0.4, -0.2) is 29.0 Å². The molecule has 1 aliphatic heterocycles. The van der Waals surface area contributed by atoms with Gasteiger partial charge < -0.3 is 14.2 Å². The molecule has 1 aliphatic rings. The van der Waals surface area contributed by atoms with Crippen LogP contribution in [0.15, 0.2) is 36.4 Å². The first-order valence-corrected chi connectivity index (χ1v) is 8.69. The Balaban J connectivity index is 1.92. The van der Waals surface area contributed by atoms with Gasteiger partial charge in [-0.15, -0.1) is 0 Å². The molecule has 0 N–H and O–H groups in total. The van der Waals surface area contributed by atoms with E-state index in [0.29, 0.717) is 0 Å². The predicted molar refractivity (Wildman–Crippen MR) is 95.4 cm³/mol. The van der Waals surface area contributed by atoms with E-state index in [1.807, 2.05) is 42.8 Å². The van der Waals surface area contributed by atoms with E-state index in [0.717, 1.165) is 42.9 Å². The summed E-state index contributed by atoms with van der Waals surface area (Å²) < 4.78 is 7.24. The highest BCUT2D eigenvalue weighted by Gasteiger charge is 2.28. The normalized spacial score (nSPS) is 18.3. The van der Waals surface area contributed by atoms with Gasteiger partial charge in [-0.25, -0.2) is 0 Å². The molecule has 2 heterocycles. The molecule has 4 heteroatoms. The number of benzene rings is 1. The average Bonchev–Trinajstić information content (AvgIpc) is 2.81. The molecule has 2 aromatic rings. The number of carbonyl (C=O) groups is 1. The second kappa shape index (κ2) is 7.12. The standard InChI is InChI=1S/C20H26N2O2/c1-15-8-13-19(21(15)2)20(23)22-14-6-4-5-7-18(22)16-9-11-17(24-3)12-10-16/h8-13,18H,4-7,14H2,1-3H3. The lowest BCUT2D eigenvalue weighted by Gasteiger charge is -2.31. The van der Waals surface area contributed by atoms with Crippen LogP contribution in [0.5, 0.6) is 5.75 Å². The monoisotopic (exact) mass is 326 g/mol. The van der Waals surface area contributed by atoms with Crippen LogP contribution in [0.3, 0.4) is 0 Å². The van der Waals surface area contributed by atoms with Gasteiger partial charge in [0, 0.05) is 19.3 Å². The molecule has 0 saturated carbocycles. The summed E-state index contributed by atoms with van der Waals surface area (Å²) in [6.07, 6.45) is 4.43. The van der Waals surface area contributed by atoms with Crippen LogP contribution in [0.2, 0.25) is 0 Å². The van der Waals surface area contributed by atoms with Crippen molar-refractivity contribution in [3.05, 3.63) is 53.3 Å². The van der Waals surface area contributed by atoms with Crippen molar-refractivity contribution >= 4 is 5.91 Å². The van der Waals surface area contributed by atoms with E-state index in [9.17, 15) is 4.79 Å². The first-order chi connectivity index (χ1) is 11.6. The third-order valence-corrected chi connectivity index (χ3v) is 5.11. The SMILES string of the molecule is COc1ccc(C2CCCCCN2C(=O)c2ccc(C)n2C)cc1. The highest BCUT2D eigenvalue weighted by Crippen LogP contribution is 2.32. The molecule has 1 aromatic carbocycles. The molecule has 3 rings (SSSR count). The van der Waals surface area contributed by atoms with Gasteiger partial charge in [0.05, 0.1) is 13.2 Å². The fraction of sp³-hybridized carbons (Fsp3) is 0.450. The van der Waals surface area contributed by atoms with Gasteiger partial charge in [0.15, 0.2) is 0 Å². The van der Waals surface area contributed by atoms with Crippen LogP contribution < -0.4 is 4.74 Å². The van der Waals surface area contributed by atoms with Crippen LogP contribution in [-0.2, 0) is 7.05 Å². The number of carbonyl (C=O) groups excluding carboxylic acids is 1. The molecule has 1 unspecified atom stereocenters. The number of rotatable bonds is 3. The van der Waals surface area contributed by atoms with Gasteiger partial charge in [-0.05, 0) is 49.6 Å². The Hall–Kier alpha value is -2.23. The quantitative estimate of drug-likeness (QED) is 0.851. The molecule has 0 radical (unpaired) electrons. The number of likely N-dealkylation sites (tertiary alicyclic amines) is 1. The summed E-state index contributed by atoms with van der Waals surface area (Å²) in [5.41, 5.74) is 3.07. The van der Waals surface area contributed by atoms with Gasteiger partial charge >= 0.3 is 0 Å². The molecule has 1 amide bonds. The largest absolute Gasteiger partial charge is 0.497 e. The number of nitrogens with zero attached hydrogens (tertiary/aromatic N) is 2. The van der Waals surface area contributed by atoms with Gasteiger partial charge in [0.25, 0.3) is 5.91 Å². The maximum absolute atomic E-state index is 13.2. The van der Waals surface area contributed by atoms with E-state index < -0.39 is 0 Å². The Morgan fingerprint density at radius 2 is 1.83 bits per heavy atom. The Morgan fingerprint density at radius 1 is 1.08 bits per heavy atom. The topological polar surface area (TPSA) is 34.5 Å². The summed E-state index contributed by atoms with van der Waals surface area (Å²) in [5, 5.41) is 0. The van der Waals surface area contributed by atoms with E-state index >= 15 is 0 Å². The molecule has 1 fully saturated rings. The zero-order chi connectivity index (χ0) is 17.1. The minimum Gasteiger partial charge on any atom is -0.497 e. The maximum Gasteiger partial charge on any atom is 0.270 e. The minimum atomic E-state index is 0.133. The van der Waals surface area contributed by atoms with Crippen molar-refractivity contribution in [2.45, 2.75) is 38.6 Å². The van der Waals surface area contributed by atoms with Crippen LogP contribution in [0.4, 0.5) is 0 Å². The first kappa shape index (κ1) is 16.6. The average molecular weight is 326 g/mol. The van der Waals surface area contributed by atoms with Crippen molar-refractivity contribution in [2.24, 2.45) is 7.05 Å². The molecular formula is C20H26N2O2.